The summed E-state index contributed by atoms with van der Waals surface area (Å²) in [5, 5.41) is 33.4. The SMILES string of the molecule is N#Cc1cc([N+](=O)[O-])ccc1NS(=O)(=O)c1ccc(NC(=O)c2cn(CCO)c3c(cc(Cl)c4ncccc43)c2=O)cc1. The number of nitro groups is 1. The lowest BCUT2D eigenvalue weighted by atomic mass is 10.1. The summed E-state index contributed by atoms with van der Waals surface area (Å²) in [4.78, 5) is 40.9. The van der Waals surface area contributed by atoms with E-state index in [1.165, 1.54) is 36.5 Å². The lowest BCUT2D eigenvalue weighted by Gasteiger charge is -2.15. The number of aliphatic hydroxyl groups excluding tert-OH is 1. The van der Waals surface area contributed by atoms with Gasteiger partial charge in [-0.1, -0.05) is 11.6 Å². The number of nitro benzene ring substituents is 1. The van der Waals surface area contributed by atoms with Crippen LogP contribution in [0.15, 0.2) is 82.7 Å². The van der Waals surface area contributed by atoms with E-state index in [4.69, 9.17) is 11.6 Å². The smallest absolute Gasteiger partial charge is 0.270 e. The third-order valence-corrected chi connectivity index (χ3v) is 8.13. The van der Waals surface area contributed by atoms with Gasteiger partial charge in [0.05, 0.1) is 43.7 Å². The summed E-state index contributed by atoms with van der Waals surface area (Å²) in [6.07, 6.45) is 2.89. The van der Waals surface area contributed by atoms with E-state index in [1.54, 1.807) is 29.0 Å². The summed E-state index contributed by atoms with van der Waals surface area (Å²) in [5.74, 6) is -0.778. The maximum absolute atomic E-state index is 13.4. The number of nitrogens with one attached hydrogen (secondary N) is 2. The highest BCUT2D eigenvalue weighted by atomic mass is 35.5. The predicted molar refractivity (Wildman–Crippen MR) is 159 cm³/mol. The summed E-state index contributed by atoms with van der Waals surface area (Å²) in [6.45, 7) is -0.201. The molecule has 0 fully saturated rings. The number of pyridine rings is 2. The number of fused-ring (bicyclic) bond motifs is 3. The van der Waals surface area contributed by atoms with Crippen LogP contribution in [0.4, 0.5) is 17.1 Å². The van der Waals surface area contributed by atoms with Crippen molar-refractivity contribution in [1.29, 1.82) is 5.26 Å². The molecular formula is C28H19ClN6O7S. The molecule has 15 heteroatoms. The summed E-state index contributed by atoms with van der Waals surface area (Å²) >= 11 is 6.38. The fraction of sp³-hybridized carbons (Fsp3) is 0.0714. The van der Waals surface area contributed by atoms with Crippen LogP contribution in [0, 0.1) is 21.4 Å². The molecule has 13 nitrogen and oxygen atoms in total. The minimum absolute atomic E-state index is 0.0739. The Labute approximate surface area is 247 Å². The average Bonchev–Trinajstić information content (AvgIpc) is 2.99. The molecule has 3 aromatic carbocycles. The molecule has 0 bridgehead atoms. The van der Waals surface area contributed by atoms with E-state index in [2.05, 4.69) is 15.0 Å². The second-order valence-corrected chi connectivity index (χ2v) is 11.2. The van der Waals surface area contributed by atoms with Crippen LogP contribution < -0.4 is 15.5 Å². The Bertz CT molecular complexity index is 2160. The van der Waals surface area contributed by atoms with Crippen LogP contribution in [0.3, 0.4) is 0 Å². The zero-order chi connectivity index (χ0) is 30.9. The fourth-order valence-electron chi connectivity index (χ4n) is 4.49. The van der Waals surface area contributed by atoms with Gasteiger partial charge in [0.25, 0.3) is 21.6 Å². The van der Waals surface area contributed by atoms with Crippen LogP contribution in [0.2, 0.25) is 5.02 Å². The van der Waals surface area contributed by atoms with Gasteiger partial charge in [-0.15, -0.1) is 0 Å². The van der Waals surface area contributed by atoms with Crippen LogP contribution in [0.25, 0.3) is 21.8 Å². The number of carbonyl (C=O) groups is 1. The molecule has 0 unspecified atom stereocenters. The summed E-state index contributed by atoms with van der Waals surface area (Å²) in [5.41, 5.74) is -0.512. The maximum Gasteiger partial charge on any atom is 0.270 e. The molecular weight excluding hydrogens is 600 g/mol. The number of rotatable bonds is 8. The zero-order valence-corrected chi connectivity index (χ0v) is 23.4. The van der Waals surface area contributed by atoms with E-state index in [9.17, 15) is 38.5 Å². The molecule has 0 aliphatic heterocycles. The predicted octanol–water partition coefficient (Wildman–Crippen LogP) is 4.03. The minimum atomic E-state index is -4.22. The molecule has 1 amide bonds. The number of non-ortho nitro benzene ring substituents is 1. The van der Waals surface area contributed by atoms with Crippen molar-refractivity contribution in [2.24, 2.45) is 0 Å². The van der Waals surface area contributed by atoms with Gasteiger partial charge in [-0.25, -0.2) is 8.42 Å². The van der Waals surface area contributed by atoms with Crippen molar-refractivity contribution >= 4 is 66.4 Å². The van der Waals surface area contributed by atoms with E-state index in [0.29, 0.717) is 16.4 Å². The normalized spacial score (nSPS) is 11.3. The molecule has 216 valence electrons. The lowest BCUT2D eigenvalue weighted by molar-refractivity contribution is -0.384. The first-order valence-corrected chi connectivity index (χ1v) is 14.2. The minimum Gasteiger partial charge on any atom is -0.395 e. The summed E-state index contributed by atoms with van der Waals surface area (Å²) < 4.78 is 29.6. The maximum atomic E-state index is 13.4. The molecule has 0 atom stereocenters. The molecule has 2 aromatic heterocycles. The second kappa shape index (κ2) is 11.5. The Morgan fingerprint density at radius 3 is 2.56 bits per heavy atom. The highest BCUT2D eigenvalue weighted by molar-refractivity contribution is 7.92. The molecule has 0 saturated heterocycles. The Morgan fingerprint density at radius 2 is 1.88 bits per heavy atom. The Hall–Kier alpha value is -5.36. The van der Waals surface area contributed by atoms with Crippen LogP contribution in [0.5, 0.6) is 0 Å². The highest BCUT2D eigenvalue weighted by Crippen LogP contribution is 2.30. The van der Waals surface area contributed by atoms with Crippen molar-refractivity contribution in [3.8, 4) is 6.07 Å². The van der Waals surface area contributed by atoms with E-state index in [0.717, 1.165) is 18.2 Å². The number of anilines is 2. The van der Waals surface area contributed by atoms with Crippen molar-refractivity contribution in [3.63, 3.8) is 0 Å². The number of amides is 1. The monoisotopic (exact) mass is 618 g/mol. The third kappa shape index (κ3) is 5.60. The number of benzene rings is 3. The topological polar surface area (TPSA) is 197 Å². The first-order valence-electron chi connectivity index (χ1n) is 12.4. The molecule has 0 saturated carbocycles. The quantitative estimate of drug-likeness (QED) is 0.130. The van der Waals surface area contributed by atoms with E-state index < -0.39 is 26.3 Å². The van der Waals surface area contributed by atoms with Crippen molar-refractivity contribution in [2.45, 2.75) is 11.4 Å². The molecule has 0 aliphatic rings. The van der Waals surface area contributed by atoms with E-state index in [-0.39, 0.29) is 56.6 Å². The van der Waals surface area contributed by atoms with Crippen LogP contribution in [-0.2, 0) is 16.6 Å². The number of carbonyl (C=O) groups excluding carboxylic acids is 1. The van der Waals surface area contributed by atoms with E-state index in [1.807, 2.05) is 0 Å². The Balaban J connectivity index is 1.44. The molecule has 5 aromatic rings. The first kappa shape index (κ1) is 29.1. The molecule has 2 heterocycles. The largest absolute Gasteiger partial charge is 0.395 e. The van der Waals surface area contributed by atoms with Crippen molar-refractivity contribution in [3.05, 3.63) is 110 Å². The van der Waals surface area contributed by atoms with Crippen LogP contribution >= 0.6 is 11.6 Å². The fourth-order valence-corrected chi connectivity index (χ4v) is 5.83. The molecule has 0 spiro atoms. The van der Waals surface area contributed by atoms with Gasteiger partial charge in [-0.2, -0.15) is 5.26 Å². The molecule has 3 N–H and O–H groups in total. The Morgan fingerprint density at radius 1 is 1.14 bits per heavy atom. The number of sulfonamides is 1. The van der Waals surface area contributed by atoms with Crippen LogP contribution in [-0.4, -0.2) is 40.5 Å². The third-order valence-electron chi connectivity index (χ3n) is 6.46. The van der Waals surface area contributed by atoms with Gasteiger partial charge in [0.2, 0.25) is 5.43 Å². The number of halogens is 1. The van der Waals surface area contributed by atoms with E-state index >= 15 is 0 Å². The summed E-state index contributed by atoms with van der Waals surface area (Å²) in [6, 6.07) is 14.7. The lowest BCUT2D eigenvalue weighted by Crippen LogP contribution is -2.24. The number of nitriles is 1. The van der Waals surface area contributed by atoms with Gasteiger partial charge < -0.3 is 15.0 Å². The van der Waals surface area contributed by atoms with Gasteiger partial charge in [0.1, 0.15) is 11.6 Å². The van der Waals surface area contributed by atoms with Gasteiger partial charge in [0.15, 0.2) is 0 Å². The molecule has 43 heavy (non-hydrogen) atoms. The number of hydrogen-bond donors (Lipinski definition) is 3. The number of hydrogen-bond acceptors (Lipinski definition) is 9. The average molecular weight is 619 g/mol. The first-order chi connectivity index (χ1) is 20.5. The van der Waals surface area contributed by atoms with Crippen LogP contribution in [0.1, 0.15) is 15.9 Å². The summed E-state index contributed by atoms with van der Waals surface area (Å²) in [7, 11) is -4.22. The molecule has 5 rings (SSSR count). The van der Waals surface area contributed by atoms with Crippen molar-refractivity contribution < 1.29 is 23.2 Å². The standard InChI is InChI=1S/C28H19ClN6O7S/c29-23-13-21-26(20-2-1-9-31-25(20)23)34(10-11-36)15-22(27(21)37)28(38)32-17-3-6-19(7-4-17)43(41,42)33-24-8-5-18(35(39)40)12-16(24)14-30/h1-9,12-13,15,33,36H,10-11H2,(H,32,38). The molecule has 0 aliphatic carbocycles. The molecule has 0 radical (unpaired) electrons. The van der Waals surface area contributed by atoms with Crippen molar-refractivity contribution in [1.82, 2.24) is 9.55 Å². The van der Waals surface area contributed by atoms with Crippen molar-refractivity contribution in [2.75, 3.05) is 16.6 Å². The van der Waals surface area contributed by atoms with Gasteiger partial charge in [-0.3, -0.25) is 29.4 Å². The highest BCUT2D eigenvalue weighted by Gasteiger charge is 2.21. The zero-order valence-electron chi connectivity index (χ0n) is 21.8. The van der Waals surface area contributed by atoms with Gasteiger partial charge in [0, 0.05) is 47.5 Å². The number of aliphatic hydroxyl groups is 1. The van der Waals surface area contributed by atoms with Gasteiger partial charge >= 0.3 is 0 Å². The second-order valence-electron chi connectivity index (χ2n) is 9.13. The van der Waals surface area contributed by atoms with Gasteiger partial charge in [-0.05, 0) is 48.5 Å². The number of nitrogens with zero attached hydrogens (tertiary/aromatic N) is 4. The number of aromatic nitrogens is 2. The Kier molecular flexibility index (Phi) is 7.79.